The van der Waals surface area contributed by atoms with Crippen LogP contribution in [0.25, 0.3) is 0 Å². The first-order chi connectivity index (χ1) is 7.27. The first-order valence-corrected chi connectivity index (χ1v) is 5.68. The number of halogens is 1. The Kier molecular flexibility index (Phi) is 3.33. The number of rotatable bonds is 2. The van der Waals surface area contributed by atoms with E-state index >= 15 is 0 Å². The average Bonchev–Trinajstić information content (AvgIpc) is 2.74. The molecule has 5 heteroatoms. The summed E-state index contributed by atoms with van der Waals surface area (Å²) in [6.07, 6.45) is 4.24. The van der Waals surface area contributed by atoms with E-state index in [0.29, 0.717) is 0 Å². The summed E-state index contributed by atoms with van der Waals surface area (Å²) in [5, 5.41) is 6.06. The van der Waals surface area contributed by atoms with Crippen LogP contribution in [0.4, 0.5) is 5.69 Å². The van der Waals surface area contributed by atoms with Crippen LogP contribution >= 0.6 is 15.9 Å². The maximum Gasteiger partial charge on any atom is 0.228 e. The summed E-state index contributed by atoms with van der Waals surface area (Å²) >= 11 is 3.34. The molecule has 1 aromatic heterocycles. The molecule has 1 aliphatic heterocycles. The van der Waals surface area contributed by atoms with Crippen LogP contribution in [0.15, 0.2) is 22.9 Å². The Morgan fingerprint density at radius 1 is 1.67 bits per heavy atom. The molecule has 4 nitrogen and oxygen atoms in total. The minimum atomic E-state index is 0.0758. The molecule has 1 atom stereocenters. The second kappa shape index (κ2) is 4.72. The molecule has 1 aliphatic rings. The number of carbonyl (C=O) groups excluding carboxylic acids is 1. The molecular formula is C10H12BrN3O. The van der Waals surface area contributed by atoms with Crippen LogP contribution in [0, 0.1) is 5.92 Å². The molecule has 0 aliphatic carbocycles. The van der Waals surface area contributed by atoms with Gasteiger partial charge >= 0.3 is 0 Å². The van der Waals surface area contributed by atoms with Crippen molar-refractivity contribution in [2.24, 2.45) is 5.92 Å². The summed E-state index contributed by atoms with van der Waals surface area (Å²) in [5.41, 5.74) is 0.780. The Hall–Kier alpha value is -0.940. The van der Waals surface area contributed by atoms with Crippen molar-refractivity contribution in [1.29, 1.82) is 0 Å². The lowest BCUT2D eigenvalue weighted by Crippen LogP contribution is -2.24. The number of anilines is 1. The monoisotopic (exact) mass is 269 g/mol. The number of aromatic nitrogens is 1. The van der Waals surface area contributed by atoms with Crippen LogP contribution in [0.1, 0.15) is 6.42 Å². The second-order valence-corrected chi connectivity index (χ2v) is 4.39. The fraction of sp³-hybridized carbons (Fsp3) is 0.400. The molecular weight excluding hydrogens is 258 g/mol. The van der Waals surface area contributed by atoms with Crippen molar-refractivity contribution in [2.45, 2.75) is 6.42 Å². The van der Waals surface area contributed by atoms with Crippen molar-refractivity contribution in [3.05, 3.63) is 22.9 Å². The highest BCUT2D eigenvalue weighted by atomic mass is 79.9. The van der Waals surface area contributed by atoms with E-state index < -0.39 is 0 Å². The summed E-state index contributed by atoms with van der Waals surface area (Å²) in [6, 6.07) is 1.78. The highest BCUT2D eigenvalue weighted by molar-refractivity contribution is 9.10. The molecule has 0 saturated carbocycles. The van der Waals surface area contributed by atoms with E-state index in [1.807, 2.05) is 0 Å². The normalized spacial score (nSPS) is 20.2. The van der Waals surface area contributed by atoms with Gasteiger partial charge in [-0.2, -0.15) is 0 Å². The van der Waals surface area contributed by atoms with Crippen molar-refractivity contribution in [3.63, 3.8) is 0 Å². The number of hydrogen-bond acceptors (Lipinski definition) is 3. The number of nitrogens with zero attached hydrogens (tertiary/aromatic N) is 1. The molecule has 0 bridgehead atoms. The van der Waals surface area contributed by atoms with Gasteiger partial charge in [0.2, 0.25) is 5.91 Å². The van der Waals surface area contributed by atoms with Gasteiger partial charge in [0.15, 0.2) is 0 Å². The highest BCUT2D eigenvalue weighted by Gasteiger charge is 2.22. The molecule has 2 rings (SSSR count). The molecule has 1 fully saturated rings. The molecule has 1 unspecified atom stereocenters. The number of pyridine rings is 1. The SMILES string of the molecule is O=C(Nc1ccncc1Br)C1CCNC1. The molecule has 15 heavy (non-hydrogen) atoms. The minimum absolute atomic E-state index is 0.0758. The van der Waals surface area contributed by atoms with Crippen LogP contribution in [0.5, 0.6) is 0 Å². The largest absolute Gasteiger partial charge is 0.325 e. The van der Waals surface area contributed by atoms with Gasteiger partial charge in [-0.25, -0.2) is 0 Å². The number of amides is 1. The number of carbonyl (C=O) groups is 1. The van der Waals surface area contributed by atoms with Gasteiger partial charge in [-0.1, -0.05) is 0 Å². The summed E-state index contributed by atoms with van der Waals surface area (Å²) in [6.45, 7) is 1.70. The maximum atomic E-state index is 11.8. The lowest BCUT2D eigenvalue weighted by Gasteiger charge is -2.10. The van der Waals surface area contributed by atoms with Gasteiger partial charge in [0, 0.05) is 18.9 Å². The molecule has 1 amide bonds. The van der Waals surface area contributed by atoms with Crippen molar-refractivity contribution < 1.29 is 4.79 Å². The van der Waals surface area contributed by atoms with Crippen molar-refractivity contribution in [3.8, 4) is 0 Å². The van der Waals surface area contributed by atoms with Gasteiger partial charge in [-0.05, 0) is 35.0 Å². The van der Waals surface area contributed by atoms with E-state index in [0.717, 1.165) is 29.7 Å². The summed E-state index contributed by atoms with van der Waals surface area (Å²) < 4.78 is 0.810. The molecule has 0 aromatic carbocycles. The van der Waals surface area contributed by atoms with Crippen LogP contribution in [0.2, 0.25) is 0 Å². The van der Waals surface area contributed by atoms with Gasteiger partial charge in [0.1, 0.15) is 0 Å². The van der Waals surface area contributed by atoms with Crippen molar-refractivity contribution in [2.75, 3.05) is 18.4 Å². The van der Waals surface area contributed by atoms with Gasteiger partial charge in [-0.3, -0.25) is 9.78 Å². The fourth-order valence-electron chi connectivity index (χ4n) is 1.59. The Bertz CT molecular complexity index is 363. The van der Waals surface area contributed by atoms with Crippen LogP contribution in [0.3, 0.4) is 0 Å². The third-order valence-electron chi connectivity index (χ3n) is 2.46. The highest BCUT2D eigenvalue weighted by Crippen LogP contribution is 2.21. The molecule has 2 N–H and O–H groups in total. The van der Waals surface area contributed by atoms with Gasteiger partial charge in [-0.15, -0.1) is 0 Å². The maximum absolute atomic E-state index is 11.8. The summed E-state index contributed by atoms with van der Waals surface area (Å²) in [5.74, 6) is 0.164. The Morgan fingerprint density at radius 2 is 2.53 bits per heavy atom. The van der Waals surface area contributed by atoms with E-state index in [1.54, 1.807) is 18.5 Å². The number of hydrogen-bond donors (Lipinski definition) is 2. The van der Waals surface area contributed by atoms with E-state index in [1.165, 1.54) is 0 Å². The minimum Gasteiger partial charge on any atom is -0.325 e. The number of nitrogens with one attached hydrogen (secondary N) is 2. The van der Waals surface area contributed by atoms with Crippen LogP contribution in [-0.4, -0.2) is 24.0 Å². The molecule has 0 spiro atoms. The van der Waals surface area contributed by atoms with E-state index in [2.05, 4.69) is 31.5 Å². The first kappa shape index (κ1) is 10.6. The predicted octanol–water partition coefficient (Wildman–Crippen LogP) is 1.39. The standard InChI is InChI=1S/C10H12BrN3O/c11-8-6-13-4-2-9(8)14-10(15)7-1-3-12-5-7/h2,4,6-7,12H,1,3,5H2,(H,13,14,15). The molecule has 2 heterocycles. The topological polar surface area (TPSA) is 54.0 Å². The van der Waals surface area contributed by atoms with Crippen LogP contribution in [-0.2, 0) is 4.79 Å². The van der Waals surface area contributed by atoms with E-state index in [-0.39, 0.29) is 11.8 Å². The molecule has 1 aromatic rings. The zero-order chi connectivity index (χ0) is 10.7. The van der Waals surface area contributed by atoms with E-state index in [9.17, 15) is 4.79 Å². The van der Waals surface area contributed by atoms with Gasteiger partial charge < -0.3 is 10.6 Å². The van der Waals surface area contributed by atoms with E-state index in [4.69, 9.17) is 0 Å². The third kappa shape index (κ3) is 2.54. The van der Waals surface area contributed by atoms with Crippen molar-refractivity contribution in [1.82, 2.24) is 10.3 Å². The quantitative estimate of drug-likeness (QED) is 0.854. The summed E-state index contributed by atoms with van der Waals surface area (Å²) in [4.78, 5) is 15.7. The zero-order valence-electron chi connectivity index (χ0n) is 8.16. The summed E-state index contributed by atoms with van der Waals surface area (Å²) in [7, 11) is 0. The Balaban J connectivity index is 2.02. The first-order valence-electron chi connectivity index (χ1n) is 4.88. The van der Waals surface area contributed by atoms with Gasteiger partial charge in [0.25, 0.3) is 0 Å². The fourth-order valence-corrected chi connectivity index (χ4v) is 1.94. The Labute approximate surface area is 96.6 Å². The molecule has 1 saturated heterocycles. The predicted molar refractivity (Wildman–Crippen MR) is 61.5 cm³/mol. The molecule has 0 radical (unpaired) electrons. The zero-order valence-corrected chi connectivity index (χ0v) is 9.75. The Morgan fingerprint density at radius 3 is 3.20 bits per heavy atom. The second-order valence-electron chi connectivity index (χ2n) is 3.53. The van der Waals surface area contributed by atoms with Crippen molar-refractivity contribution >= 4 is 27.5 Å². The average molecular weight is 270 g/mol. The van der Waals surface area contributed by atoms with Crippen LogP contribution < -0.4 is 10.6 Å². The lowest BCUT2D eigenvalue weighted by atomic mass is 10.1. The molecule has 80 valence electrons. The van der Waals surface area contributed by atoms with Gasteiger partial charge in [0.05, 0.1) is 16.1 Å². The lowest BCUT2D eigenvalue weighted by molar-refractivity contribution is -0.119. The smallest absolute Gasteiger partial charge is 0.228 e. The third-order valence-corrected chi connectivity index (χ3v) is 3.09.